The van der Waals surface area contributed by atoms with Crippen LogP contribution in [0.25, 0.3) is 0 Å². The minimum Gasteiger partial charge on any atom is -0.482 e. The fraction of sp³-hybridized carbons (Fsp3) is 0.467. The SMILES string of the molecule is CCC(CC)(CN)NC(=O)c1ccc2c(c1)NC(=O)CO2. The summed E-state index contributed by atoms with van der Waals surface area (Å²) < 4.78 is 5.27. The number of anilines is 1. The first kappa shape index (κ1) is 15.3. The maximum atomic E-state index is 12.4. The Labute approximate surface area is 124 Å². The Balaban J connectivity index is 2.20. The van der Waals surface area contributed by atoms with E-state index in [4.69, 9.17) is 10.5 Å². The van der Waals surface area contributed by atoms with Gasteiger partial charge in [0, 0.05) is 12.1 Å². The molecular weight excluding hydrogens is 270 g/mol. The highest BCUT2D eigenvalue weighted by molar-refractivity contribution is 6.00. The molecule has 4 N–H and O–H groups in total. The number of benzene rings is 1. The zero-order chi connectivity index (χ0) is 15.5. The van der Waals surface area contributed by atoms with Crippen molar-refractivity contribution in [1.29, 1.82) is 0 Å². The van der Waals surface area contributed by atoms with Crippen molar-refractivity contribution in [3.05, 3.63) is 23.8 Å². The van der Waals surface area contributed by atoms with Gasteiger partial charge in [-0.05, 0) is 31.0 Å². The van der Waals surface area contributed by atoms with Crippen molar-refractivity contribution >= 4 is 17.5 Å². The van der Waals surface area contributed by atoms with Crippen LogP contribution in [0.3, 0.4) is 0 Å². The molecule has 0 fully saturated rings. The monoisotopic (exact) mass is 291 g/mol. The number of nitrogens with two attached hydrogens (primary N) is 1. The van der Waals surface area contributed by atoms with Gasteiger partial charge in [-0.3, -0.25) is 9.59 Å². The van der Waals surface area contributed by atoms with Gasteiger partial charge in [0.1, 0.15) is 5.75 Å². The maximum Gasteiger partial charge on any atom is 0.262 e. The molecule has 6 heteroatoms. The van der Waals surface area contributed by atoms with Crippen LogP contribution in [0.15, 0.2) is 18.2 Å². The van der Waals surface area contributed by atoms with Gasteiger partial charge < -0.3 is 21.1 Å². The summed E-state index contributed by atoms with van der Waals surface area (Å²) >= 11 is 0. The van der Waals surface area contributed by atoms with Crippen LogP contribution in [-0.2, 0) is 4.79 Å². The summed E-state index contributed by atoms with van der Waals surface area (Å²) in [6.45, 7) is 4.38. The average molecular weight is 291 g/mol. The van der Waals surface area contributed by atoms with Crippen LogP contribution < -0.4 is 21.1 Å². The lowest BCUT2D eigenvalue weighted by Gasteiger charge is -2.31. The highest BCUT2D eigenvalue weighted by atomic mass is 16.5. The number of amides is 2. The normalized spacial score (nSPS) is 14.0. The fourth-order valence-electron chi connectivity index (χ4n) is 2.30. The molecule has 0 saturated carbocycles. The summed E-state index contributed by atoms with van der Waals surface area (Å²) in [5.74, 6) is 0.146. The molecule has 0 bridgehead atoms. The Morgan fingerprint density at radius 1 is 1.43 bits per heavy atom. The number of carbonyl (C=O) groups is 2. The number of nitrogens with one attached hydrogen (secondary N) is 2. The van der Waals surface area contributed by atoms with E-state index in [1.165, 1.54) is 0 Å². The number of fused-ring (bicyclic) bond motifs is 1. The van der Waals surface area contributed by atoms with Crippen LogP contribution in [-0.4, -0.2) is 30.5 Å². The van der Waals surface area contributed by atoms with E-state index in [1.807, 2.05) is 13.8 Å². The van der Waals surface area contributed by atoms with Gasteiger partial charge in [0.2, 0.25) is 0 Å². The topological polar surface area (TPSA) is 93.5 Å². The third kappa shape index (κ3) is 3.16. The molecule has 0 radical (unpaired) electrons. The molecule has 0 spiro atoms. The van der Waals surface area contributed by atoms with E-state index in [9.17, 15) is 9.59 Å². The van der Waals surface area contributed by atoms with Crippen molar-refractivity contribution < 1.29 is 14.3 Å². The minimum absolute atomic E-state index is 0.000493. The smallest absolute Gasteiger partial charge is 0.262 e. The Bertz CT molecular complexity index is 545. The Kier molecular flexibility index (Phi) is 4.47. The van der Waals surface area contributed by atoms with Crippen molar-refractivity contribution in [3.8, 4) is 5.75 Å². The first-order valence-electron chi connectivity index (χ1n) is 7.13. The molecule has 0 saturated heterocycles. The predicted octanol–water partition coefficient (Wildman–Crippen LogP) is 1.26. The molecule has 1 aliphatic rings. The number of carbonyl (C=O) groups excluding carboxylic acids is 2. The van der Waals surface area contributed by atoms with Crippen LogP contribution in [0.1, 0.15) is 37.0 Å². The molecule has 0 aromatic heterocycles. The Morgan fingerprint density at radius 2 is 2.14 bits per heavy atom. The van der Waals surface area contributed by atoms with E-state index in [1.54, 1.807) is 18.2 Å². The Hall–Kier alpha value is -2.08. The van der Waals surface area contributed by atoms with Crippen molar-refractivity contribution in [2.45, 2.75) is 32.2 Å². The largest absolute Gasteiger partial charge is 0.482 e. The summed E-state index contributed by atoms with van der Waals surface area (Å²) in [6.07, 6.45) is 1.52. The average Bonchev–Trinajstić information content (AvgIpc) is 2.51. The second-order valence-electron chi connectivity index (χ2n) is 5.19. The van der Waals surface area contributed by atoms with E-state index in [0.29, 0.717) is 23.5 Å². The summed E-state index contributed by atoms with van der Waals surface area (Å²) in [4.78, 5) is 23.7. The third-order valence-corrected chi connectivity index (χ3v) is 4.00. The van der Waals surface area contributed by atoms with Crippen LogP contribution in [0, 0.1) is 0 Å². The van der Waals surface area contributed by atoms with Gasteiger partial charge in [0.15, 0.2) is 6.61 Å². The molecule has 2 rings (SSSR count). The van der Waals surface area contributed by atoms with Crippen molar-refractivity contribution in [1.82, 2.24) is 5.32 Å². The van der Waals surface area contributed by atoms with E-state index in [2.05, 4.69) is 10.6 Å². The lowest BCUT2D eigenvalue weighted by atomic mass is 9.92. The molecule has 0 unspecified atom stereocenters. The van der Waals surface area contributed by atoms with Gasteiger partial charge >= 0.3 is 0 Å². The summed E-state index contributed by atoms with van der Waals surface area (Å²) in [5, 5.41) is 5.69. The molecule has 0 atom stereocenters. The first-order chi connectivity index (χ1) is 10.0. The highest BCUT2D eigenvalue weighted by Crippen LogP contribution is 2.28. The second-order valence-corrected chi connectivity index (χ2v) is 5.19. The van der Waals surface area contributed by atoms with Gasteiger partial charge in [-0.1, -0.05) is 13.8 Å². The van der Waals surface area contributed by atoms with Crippen molar-refractivity contribution in [3.63, 3.8) is 0 Å². The van der Waals surface area contributed by atoms with Crippen molar-refractivity contribution in [2.24, 2.45) is 5.73 Å². The van der Waals surface area contributed by atoms with Crippen LogP contribution in [0.5, 0.6) is 5.75 Å². The number of hydrogen-bond donors (Lipinski definition) is 3. The van der Waals surface area contributed by atoms with E-state index < -0.39 is 5.54 Å². The van der Waals surface area contributed by atoms with Gasteiger partial charge in [-0.25, -0.2) is 0 Å². The quantitative estimate of drug-likeness (QED) is 0.761. The lowest BCUT2D eigenvalue weighted by Crippen LogP contribution is -2.52. The molecule has 1 heterocycles. The fourth-order valence-corrected chi connectivity index (χ4v) is 2.30. The number of ether oxygens (including phenoxy) is 1. The predicted molar refractivity (Wildman–Crippen MR) is 80.4 cm³/mol. The van der Waals surface area contributed by atoms with Crippen LogP contribution in [0.2, 0.25) is 0 Å². The van der Waals surface area contributed by atoms with Gasteiger partial charge in [-0.15, -0.1) is 0 Å². The number of hydrogen-bond acceptors (Lipinski definition) is 4. The first-order valence-corrected chi connectivity index (χ1v) is 7.13. The van der Waals surface area contributed by atoms with Crippen LogP contribution >= 0.6 is 0 Å². The lowest BCUT2D eigenvalue weighted by molar-refractivity contribution is -0.118. The third-order valence-electron chi connectivity index (χ3n) is 4.00. The van der Waals surface area contributed by atoms with E-state index in [-0.39, 0.29) is 18.4 Å². The molecule has 6 nitrogen and oxygen atoms in total. The maximum absolute atomic E-state index is 12.4. The molecule has 114 valence electrons. The van der Waals surface area contributed by atoms with Crippen molar-refractivity contribution in [2.75, 3.05) is 18.5 Å². The standard InChI is InChI=1S/C15H21N3O3/c1-3-15(4-2,9-16)18-14(20)10-5-6-12-11(7-10)17-13(19)8-21-12/h5-7H,3-4,8-9,16H2,1-2H3,(H,17,19)(H,18,20). The van der Waals surface area contributed by atoms with E-state index >= 15 is 0 Å². The second kappa shape index (κ2) is 6.13. The van der Waals surface area contributed by atoms with Gasteiger partial charge in [0.05, 0.1) is 11.2 Å². The molecule has 1 aromatic rings. The van der Waals surface area contributed by atoms with Gasteiger partial charge in [0.25, 0.3) is 11.8 Å². The zero-order valence-electron chi connectivity index (χ0n) is 12.4. The molecule has 1 aromatic carbocycles. The van der Waals surface area contributed by atoms with E-state index in [0.717, 1.165) is 12.8 Å². The molecule has 2 amide bonds. The minimum atomic E-state index is -0.396. The van der Waals surface area contributed by atoms with Gasteiger partial charge in [-0.2, -0.15) is 0 Å². The molecule has 1 aliphatic heterocycles. The highest BCUT2D eigenvalue weighted by Gasteiger charge is 2.27. The summed E-state index contributed by atoms with van der Waals surface area (Å²) in [5.41, 5.74) is 6.39. The van der Waals surface area contributed by atoms with Crippen LogP contribution in [0.4, 0.5) is 5.69 Å². The summed E-state index contributed by atoms with van der Waals surface area (Å²) in [7, 11) is 0. The zero-order valence-corrected chi connectivity index (χ0v) is 12.4. The molecule has 21 heavy (non-hydrogen) atoms. The molecule has 0 aliphatic carbocycles. The summed E-state index contributed by atoms with van der Waals surface area (Å²) in [6, 6.07) is 4.98. The molecular formula is C15H21N3O3. The number of rotatable bonds is 5. The Morgan fingerprint density at radius 3 is 2.76 bits per heavy atom.